The Morgan fingerprint density at radius 2 is 2.13 bits per heavy atom. The summed E-state index contributed by atoms with van der Waals surface area (Å²) in [4.78, 5) is 37.1. The molecule has 2 rings (SSSR count). The molecule has 5 nitrogen and oxygen atoms in total. The second-order valence-electron chi connectivity index (χ2n) is 6.30. The van der Waals surface area contributed by atoms with Crippen LogP contribution in [0.15, 0.2) is 24.3 Å². The minimum absolute atomic E-state index is 0.114. The number of ketones is 1. The summed E-state index contributed by atoms with van der Waals surface area (Å²) in [6.45, 7) is 4.36. The third kappa shape index (κ3) is 4.87. The molecule has 1 N–H and O–H groups in total. The number of nitrogens with one attached hydrogen (secondary N) is 1. The van der Waals surface area contributed by atoms with Gasteiger partial charge in [-0.25, -0.2) is 4.39 Å². The summed E-state index contributed by atoms with van der Waals surface area (Å²) < 4.78 is 13.2. The monoisotopic (exact) mass is 320 g/mol. The number of carbonyl (C=O) groups excluding carboxylic acids is 3. The van der Waals surface area contributed by atoms with E-state index in [1.54, 1.807) is 17.0 Å². The number of hydrogen-bond acceptors (Lipinski definition) is 3. The molecule has 23 heavy (non-hydrogen) atoms. The zero-order valence-corrected chi connectivity index (χ0v) is 13.3. The molecule has 1 unspecified atom stereocenters. The lowest BCUT2D eigenvalue weighted by atomic mass is 10.1. The molecular formula is C17H21FN2O3. The van der Waals surface area contributed by atoms with Crippen LogP contribution >= 0.6 is 0 Å². The van der Waals surface area contributed by atoms with Crippen molar-refractivity contribution in [3.8, 4) is 0 Å². The van der Waals surface area contributed by atoms with Crippen LogP contribution in [0.5, 0.6) is 0 Å². The van der Waals surface area contributed by atoms with Gasteiger partial charge >= 0.3 is 0 Å². The van der Waals surface area contributed by atoms with Crippen LogP contribution in [0.2, 0.25) is 0 Å². The van der Waals surface area contributed by atoms with Crippen molar-refractivity contribution in [1.29, 1.82) is 0 Å². The number of hydrogen-bond donors (Lipinski definition) is 1. The standard InChI is InChI=1S/C17H21FN2O3/c1-11(2)6-15(21)17(23)19-14-8-16(22)20(10-14)9-12-4-3-5-13(18)7-12/h3-5,7,11,14H,6,8-10H2,1-2H3,(H,19,23). The van der Waals surface area contributed by atoms with Crippen LogP contribution in [-0.2, 0) is 20.9 Å². The third-order valence-electron chi connectivity index (χ3n) is 3.66. The number of rotatable bonds is 6. The van der Waals surface area contributed by atoms with Gasteiger partial charge in [-0.05, 0) is 23.6 Å². The van der Waals surface area contributed by atoms with E-state index in [-0.39, 0.29) is 36.5 Å². The third-order valence-corrected chi connectivity index (χ3v) is 3.66. The van der Waals surface area contributed by atoms with Crippen molar-refractivity contribution in [2.75, 3.05) is 6.54 Å². The summed E-state index contributed by atoms with van der Waals surface area (Å²) in [6.07, 6.45) is 0.357. The van der Waals surface area contributed by atoms with Gasteiger partial charge in [0.2, 0.25) is 11.7 Å². The molecule has 1 atom stereocenters. The van der Waals surface area contributed by atoms with E-state index in [2.05, 4.69) is 5.32 Å². The maximum atomic E-state index is 13.2. The van der Waals surface area contributed by atoms with Gasteiger partial charge in [-0.15, -0.1) is 0 Å². The Bertz CT molecular complexity index is 616. The van der Waals surface area contributed by atoms with Gasteiger partial charge in [0.05, 0.1) is 6.04 Å². The number of carbonyl (C=O) groups is 3. The molecule has 1 saturated heterocycles. The molecule has 1 heterocycles. The van der Waals surface area contributed by atoms with E-state index in [0.717, 1.165) is 0 Å². The first-order valence-corrected chi connectivity index (χ1v) is 7.71. The first-order chi connectivity index (χ1) is 10.8. The Balaban J connectivity index is 1.89. The van der Waals surface area contributed by atoms with Crippen molar-refractivity contribution in [2.45, 2.75) is 39.3 Å². The number of halogens is 1. The minimum Gasteiger partial charge on any atom is -0.344 e. The molecule has 0 radical (unpaired) electrons. The lowest BCUT2D eigenvalue weighted by Gasteiger charge is -2.17. The van der Waals surface area contributed by atoms with Crippen LogP contribution < -0.4 is 5.32 Å². The highest BCUT2D eigenvalue weighted by Gasteiger charge is 2.31. The van der Waals surface area contributed by atoms with Gasteiger partial charge in [-0.1, -0.05) is 26.0 Å². The van der Waals surface area contributed by atoms with Crippen LogP contribution in [0, 0.1) is 11.7 Å². The molecule has 0 saturated carbocycles. The van der Waals surface area contributed by atoms with E-state index in [4.69, 9.17) is 0 Å². The molecule has 1 aliphatic heterocycles. The van der Waals surface area contributed by atoms with E-state index in [0.29, 0.717) is 18.7 Å². The lowest BCUT2D eigenvalue weighted by Crippen LogP contribution is -2.41. The topological polar surface area (TPSA) is 66.5 Å². The second-order valence-corrected chi connectivity index (χ2v) is 6.30. The van der Waals surface area contributed by atoms with Crippen LogP contribution in [0.25, 0.3) is 0 Å². The molecule has 1 aromatic carbocycles. The number of benzene rings is 1. The predicted molar refractivity (Wildman–Crippen MR) is 82.8 cm³/mol. The number of Topliss-reactive ketones (excluding diaryl/α,β-unsaturated/α-hetero) is 1. The lowest BCUT2D eigenvalue weighted by molar-refractivity contribution is -0.138. The Hall–Kier alpha value is -2.24. The number of amides is 2. The second kappa shape index (κ2) is 7.35. The quantitative estimate of drug-likeness (QED) is 0.811. The molecule has 0 aliphatic carbocycles. The summed E-state index contributed by atoms with van der Waals surface area (Å²) in [6, 6.07) is 5.69. The van der Waals surface area contributed by atoms with Crippen molar-refractivity contribution in [3.05, 3.63) is 35.6 Å². The molecule has 0 bridgehead atoms. The molecule has 0 aromatic heterocycles. The van der Waals surface area contributed by atoms with Crippen LogP contribution in [-0.4, -0.2) is 35.1 Å². The van der Waals surface area contributed by atoms with Gasteiger partial charge in [0.25, 0.3) is 5.91 Å². The van der Waals surface area contributed by atoms with E-state index in [9.17, 15) is 18.8 Å². The van der Waals surface area contributed by atoms with Gasteiger partial charge in [-0.3, -0.25) is 14.4 Å². The zero-order chi connectivity index (χ0) is 17.0. The Morgan fingerprint density at radius 3 is 2.78 bits per heavy atom. The fraction of sp³-hybridized carbons (Fsp3) is 0.471. The molecule has 124 valence electrons. The number of likely N-dealkylation sites (tertiary alicyclic amines) is 1. The van der Waals surface area contributed by atoms with Gasteiger partial charge in [0.15, 0.2) is 0 Å². The minimum atomic E-state index is -0.635. The largest absolute Gasteiger partial charge is 0.344 e. The molecule has 0 spiro atoms. The van der Waals surface area contributed by atoms with E-state index < -0.39 is 11.7 Å². The molecule has 6 heteroatoms. The summed E-state index contributed by atoms with van der Waals surface area (Å²) in [5, 5.41) is 2.62. The van der Waals surface area contributed by atoms with Gasteiger partial charge in [0.1, 0.15) is 5.82 Å². The molecule has 1 aliphatic rings. The highest BCUT2D eigenvalue weighted by atomic mass is 19.1. The molecule has 1 fully saturated rings. The fourth-order valence-corrected chi connectivity index (χ4v) is 2.61. The van der Waals surface area contributed by atoms with Crippen molar-refractivity contribution in [2.24, 2.45) is 5.92 Å². The molecule has 2 amide bonds. The Labute approximate surface area is 134 Å². The van der Waals surface area contributed by atoms with Crippen LogP contribution in [0.4, 0.5) is 4.39 Å². The highest BCUT2D eigenvalue weighted by molar-refractivity contribution is 6.36. The highest BCUT2D eigenvalue weighted by Crippen LogP contribution is 2.16. The predicted octanol–water partition coefficient (Wildman–Crippen LogP) is 1.66. The summed E-state index contributed by atoms with van der Waals surface area (Å²) >= 11 is 0. The van der Waals surface area contributed by atoms with Crippen molar-refractivity contribution >= 4 is 17.6 Å². The number of nitrogens with zero attached hydrogens (tertiary/aromatic N) is 1. The maximum Gasteiger partial charge on any atom is 0.287 e. The molecule has 1 aromatic rings. The SMILES string of the molecule is CC(C)CC(=O)C(=O)NC1CC(=O)N(Cc2cccc(F)c2)C1. The normalized spacial score (nSPS) is 17.7. The molecular weight excluding hydrogens is 299 g/mol. The van der Waals surface area contributed by atoms with Crippen LogP contribution in [0.1, 0.15) is 32.3 Å². The summed E-state index contributed by atoms with van der Waals surface area (Å²) in [5.74, 6) is -1.45. The first kappa shape index (κ1) is 17.1. The van der Waals surface area contributed by atoms with Crippen molar-refractivity contribution < 1.29 is 18.8 Å². The van der Waals surface area contributed by atoms with Crippen molar-refractivity contribution in [3.63, 3.8) is 0 Å². The first-order valence-electron chi connectivity index (χ1n) is 7.71. The summed E-state index contributed by atoms with van der Waals surface area (Å²) in [5.41, 5.74) is 0.696. The average Bonchev–Trinajstić information content (AvgIpc) is 2.78. The van der Waals surface area contributed by atoms with E-state index in [1.807, 2.05) is 13.8 Å². The fourth-order valence-electron chi connectivity index (χ4n) is 2.61. The summed E-state index contributed by atoms with van der Waals surface area (Å²) in [7, 11) is 0. The van der Waals surface area contributed by atoms with Gasteiger partial charge < -0.3 is 10.2 Å². The Kier molecular flexibility index (Phi) is 5.47. The Morgan fingerprint density at radius 1 is 1.39 bits per heavy atom. The zero-order valence-electron chi connectivity index (χ0n) is 13.3. The smallest absolute Gasteiger partial charge is 0.287 e. The van der Waals surface area contributed by atoms with Gasteiger partial charge in [0, 0.05) is 25.9 Å². The average molecular weight is 320 g/mol. The van der Waals surface area contributed by atoms with E-state index in [1.165, 1.54) is 12.1 Å². The van der Waals surface area contributed by atoms with Crippen LogP contribution in [0.3, 0.4) is 0 Å². The van der Waals surface area contributed by atoms with Crippen molar-refractivity contribution in [1.82, 2.24) is 10.2 Å². The van der Waals surface area contributed by atoms with Gasteiger partial charge in [-0.2, -0.15) is 0 Å². The maximum absolute atomic E-state index is 13.2. The van der Waals surface area contributed by atoms with E-state index >= 15 is 0 Å².